The van der Waals surface area contributed by atoms with Gasteiger partial charge in [-0.2, -0.15) is 11.8 Å². The summed E-state index contributed by atoms with van der Waals surface area (Å²) in [5, 5.41) is 0. The first-order valence-electron chi connectivity index (χ1n) is 7.51. The van der Waals surface area contributed by atoms with Crippen LogP contribution in [0, 0.1) is 10.8 Å². The van der Waals surface area contributed by atoms with E-state index in [4.69, 9.17) is 0 Å². The molecule has 20 heavy (non-hydrogen) atoms. The lowest BCUT2D eigenvalue weighted by Gasteiger charge is -2.26. The number of carbonyl (C=O) groups is 1. The van der Waals surface area contributed by atoms with Crippen LogP contribution in [0.15, 0.2) is 12.7 Å². The second kappa shape index (κ2) is 8.76. The molecule has 0 aliphatic heterocycles. The Kier molecular flexibility index (Phi) is 8.57. The molecule has 0 aromatic rings. The van der Waals surface area contributed by atoms with Crippen LogP contribution in [0.3, 0.4) is 0 Å². The van der Waals surface area contributed by atoms with Gasteiger partial charge in [-0.25, -0.2) is 0 Å². The summed E-state index contributed by atoms with van der Waals surface area (Å²) in [7, 11) is 0. The van der Waals surface area contributed by atoms with E-state index in [9.17, 15) is 4.79 Å². The highest BCUT2D eigenvalue weighted by Gasteiger charge is 2.17. The first-order valence-corrected chi connectivity index (χ1v) is 8.67. The van der Waals surface area contributed by atoms with Crippen LogP contribution in [0.1, 0.15) is 54.4 Å². The van der Waals surface area contributed by atoms with E-state index in [1.165, 1.54) is 0 Å². The normalized spacial score (nSPS) is 12.3. The molecule has 0 heterocycles. The van der Waals surface area contributed by atoms with Crippen LogP contribution < -0.4 is 0 Å². The molecule has 3 heteroatoms. The van der Waals surface area contributed by atoms with Gasteiger partial charge in [0.1, 0.15) is 0 Å². The van der Waals surface area contributed by atoms with Crippen LogP contribution in [0.2, 0.25) is 0 Å². The van der Waals surface area contributed by atoms with Crippen molar-refractivity contribution < 1.29 is 4.79 Å². The smallest absolute Gasteiger partial charge is 0.223 e. The maximum atomic E-state index is 12.2. The number of amides is 1. The summed E-state index contributed by atoms with van der Waals surface area (Å²) in [6.07, 6.45) is 3.49. The third kappa shape index (κ3) is 11.4. The summed E-state index contributed by atoms with van der Waals surface area (Å²) in [4.78, 5) is 14.2. The molecule has 0 fully saturated rings. The van der Waals surface area contributed by atoms with Crippen molar-refractivity contribution in [2.24, 2.45) is 10.8 Å². The van der Waals surface area contributed by atoms with Crippen molar-refractivity contribution in [3.63, 3.8) is 0 Å². The lowest BCUT2D eigenvalue weighted by Crippen LogP contribution is -2.34. The summed E-state index contributed by atoms with van der Waals surface area (Å²) in [6, 6.07) is 0. The molecule has 0 atom stereocenters. The SMILES string of the molecule is C=CCN(CCC(C)(C)C)C(=O)CCSCC(C)(C)C. The van der Waals surface area contributed by atoms with Gasteiger partial charge in [-0.05, 0) is 23.0 Å². The Morgan fingerprint density at radius 1 is 1.15 bits per heavy atom. The summed E-state index contributed by atoms with van der Waals surface area (Å²) >= 11 is 1.87. The van der Waals surface area contributed by atoms with E-state index < -0.39 is 0 Å². The average Bonchev–Trinajstić information content (AvgIpc) is 2.27. The van der Waals surface area contributed by atoms with Gasteiger partial charge in [-0.3, -0.25) is 4.79 Å². The maximum Gasteiger partial charge on any atom is 0.223 e. The minimum absolute atomic E-state index is 0.260. The van der Waals surface area contributed by atoms with Crippen molar-refractivity contribution in [2.75, 3.05) is 24.6 Å². The average molecular weight is 300 g/mol. The third-order valence-electron chi connectivity index (χ3n) is 2.83. The summed E-state index contributed by atoms with van der Waals surface area (Å²) in [6.45, 7) is 18.6. The highest BCUT2D eigenvalue weighted by molar-refractivity contribution is 7.99. The summed E-state index contributed by atoms with van der Waals surface area (Å²) in [5.41, 5.74) is 0.599. The highest BCUT2D eigenvalue weighted by Crippen LogP contribution is 2.22. The van der Waals surface area contributed by atoms with Crippen molar-refractivity contribution in [3.8, 4) is 0 Å². The molecule has 0 rings (SSSR count). The zero-order chi connectivity index (χ0) is 15.8. The van der Waals surface area contributed by atoms with E-state index in [0.717, 1.165) is 24.5 Å². The molecule has 1 amide bonds. The van der Waals surface area contributed by atoms with E-state index in [0.29, 0.717) is 18.4 Å². The van der Waals surface area contributed by atoms with Crippen molar-refractivity contribution >= 4 is 17.7 Å². The fourth-order valence-corrected chi connectivity index (χ4v) is 2.72. The van der Waals surface area contributed by atoms with Gasteiger partial charge in [0, 0.05) is 25.3 Å². The van der Waals surface area contributed by atoms with Crippen LogP contribution >= 0.6 is 11.8 Å². The molecule has 0 N–H and O–H groups in total. The molecule has 0 radical (unpaired) electrons. The van der Waals surface area contributed by atoms with Crippen LogP contribution in [-0.2, 0) is 4.79 Å². The molecule has 0 bridgehead atoms. The Labute approximate surface area is 130 Å². The predicted octanol–water partition coefficient (Wildman–Crippen LogP) is 4.61. The fraction of sp³-hybridized carbons (Fsp3) is 0.824. The number of rotatable bonds is 8. The molecule has 0 aliphatic rings. The van der Waals surface area contributed by atoms with Crippen LogP contribution in [0.25, 0.3) is 0 Å². The van der Waals surface area contributed by atoms with Crippen LogP contribution in [0.4, 0.5) is 0 Å². The van der Waals surface area contributed by atoms with E-state index in [1.54, 1.807) is 0 Å². The highest BCUT2D eigenvalue weighted by atomic mass is 32.2. The van der Waals surface area contributed by atoms with Crippen LogP contribution in [-0.4, -0.2) is 35.4 Å². The van der Waals surface area contributed by atoms with Crippen molar-refractivity contribution in [1.29, 1.82) is 0 Å². The van der Waals surface area contributed by atoms with Gasteiger partial charge in [0.25, 0.3) is 0 Å². The molecule has 0 saturated carbocycles. The first-order chi connectivity index (χ1) is 9.05. The molecular weight excluding hydrogens is 266 g/mol. The van der Waals surface area contributed by atoms with Gasteiger partial charge in [0.2, 0.25) is 5.91 Å². The van der Waals surface area contributed by atoms with Gasteiger partial charge in [0.15, 0.2) is 0 Å². The Morgan fingerprint density at radius 3 is 2.20 bits per heavy atom. The van der Waals surface area contributed by atoms with E-state index in [1.807, 2.05) is 22.7 Å². The predicted molar refractivity (Wildman–Crippen MR) is 92.2 cm³/mol. The van der Waals surface area contributed by atoms with E-state index in [2.05, 4.69) is 48.1 Å². The van der Waals surface area contributed by atoms with E-state index >= 15 is 0 Å². The lowest BCUT2D eigenvalue weighted by molar-refractivity contribution is -0.130. The number of nitrogens with zero attached hydrogens (tertiary/aromatic N) is 1. The Bertz CT molecular complexity index is 299. The largest absolute Gasteiger partial charge is 0.339 e. The van der Waals surface area contributed by atoms with Gasteiger partial charge < -0.3 is 4.90 Å². The Balaban J connectivity index is 4.12. The molecule has 0 aromatic carbocycles. The topological polar surface area (TPSA) is 20.3 Å². The zero-order valence-electron chi connectivity index (χ0n) is 14.3. The Morgan fingerprint density at radius 2 is 1.75 bits per heavy atom. The third-order valence-corrected chi connectivity index (χ3v) is 4.39. The minimum Gasteiger partial charge on any atom is -0.339 e. The second-order valence-corrected chi connectivity index (χ2v) is 8.91. The fourth-order valence-electron chi connectivity index (χ4n) is 1.64. The van der Waals surface area contributed by atoms with Gasteiger partial charge in [-0.1, -0.05) is 47.6 Å². The standard InChI is InChI=1S/C17H33NOS/c1-8-11-18(12-10-16(2,3)4)15(19)9-13-20-14-17(5,6)7/h8H,1,9-14H2,2-7H3. The number of carbonyl (C=O) groups excluding carboxylic acids is 1. The molecule has 0 saturated heterocycles. The number of hydrogen-bond acceptors (Lipinski definition) is 2. The van der Waals surface area contributed by atoms with E-state index in [-0.39, 0.29) is 11.3 Å². The number of thioether (sulfide) groups is 1. The molecule has 0 unspecified atom stereocenters. The maximum absolute atomic E-state index is 12.2. The van der Waals surface area contributed by atoms with Crippen molar-refractivity contribution in [3.05, 3.63) is 12.7 Å². The molecule has 0 aromatic heterocycles. The Hall–Kier alpha value is -0.440. The van der Waals surface area contributed by atoms with Gasteiger partial charge in [0.05, 0.1) is 0 Å². The number of hydrogen-bond donors (Lipinski definition) is 0. The van der Waals surface area contributed by atoms with Gasteiger partial charge >= 0.3 is 0 Å². The lowest BCUT2D eigenvalue weighted by atomic mass is 9.92. The quantitative estimate of drug-likeness (QED) is 0.482. The molecule has 2 nitrogen and oxygen atoms in total. The van der Waals surface area contributed by atoms with Crippen molar-refractivity contribution in [2.45, 2.75) is 54.4 Å². The van der Waals surface area contributed by atoms with Crippen molar-refractivity contribution in [1.82, 2.24) is 4.90 Å². The second-order valence-electron chi connectivity index (χ2n) is 7.80. The molecular formula is C17H33NOS. The molecule has 0 spiro atoms. The van der Waals surface area contributed by atoms with Crippen LogP contribution in [0.5, 0.6) is 0 Å². The molecule has 118 valence electrons. The summed E-state index contributed by atoms with van der Waals surface area (Å²) in [5.74, 6) is 2.28. The molecule has 0 aliphatic carbocycles. The minimum atomic E-state index is 0.260. The summed E-state index contributed by atoms with van der Waals surface area (Å²) < 4.78 is 0. The van der Waals surface area contributed by atoms with Gasteiger partial charge in [-0.15, -0.1) is 6.58 Å². The monoisotopic (exact) mass is 299 g/mol. The first kappa shape index (κ1) is 19.6. The zero-order valence-corrected chi connectivity index (χ0v) is 15.1.